The molecule has 118 valence electrons. The van der Waals surface area contributed by atoms with Crippen molar-refractivity contribution in [3.63, 3.8) is 0 Å². The van der Waals surface area contributed by atoms with Crippen molar-refractivity contribution >= 4 is 8.07 Å². The van der Waals surface area contributed by atoms with Gasteiger partial charge in [-0.15, -0.1) is 0 Å². The summed E-state index contributed by atoms with van der Waals surface area (Å²) in [5.74, 6) is 0. The van der Waals surface area contributed by atoms with E-state index in [1.807, 2.05) is 0 Å². The molecular weight excluding hydrogens is 285 g/mol. The Morgan fingerprint density at radius 2 is 1.09 bits per heavy atom. The van der Waals surface area contributed by atoms with Crippen molar-refractivity contribution in [2.24, 2.45) is 0 Å². The van der Waals surface area contributed by atoms with Crippen LogP contribution in [0.4, 0.5) is 0 Å². The Hall–Kier alpha value is -1.17. The van der Waals surface area contributed by atoms with E-state index >= 15 is 0 Å². The predicted molar refractivity (Wildman–Crippen MR) is 99.6 cm³/mol. The first-order chi connectivity index (χ1) is 10.7. The Morgan fingerprint density at radius 3 is 1.41 bits per heavy atom. The minimum absolute atomic E-state index is 0.112. The summed E-state index contributed by atoms with van der Waals surface area (Å²) in [6.07, 6.45) is 2.50. The molecule has 0 aliphatic heterocycles. The second-order valence-corrected chi connectivity index (χ2v) is 8.43. The molecule has 0 amide bonds. The molecule has 2 rings (SSSR count). The van der Waals surface area contributed by atoms with Crippen LogP contribution >= 0.6 is 8.07 Å². The zero-order valence-corrected chi connectivity index (χ0v) is 15.1. The fraction of sp³-hybridized carbons (Fsp3) is 0.400. The van der Waals surface area contributed by atoms with Crippen molar-refractivity contribution in [1.29, 1.82) is 0 Å². The fourth-order valence-electron chi connectivity index (χ4n) is 3.14. The van der Waals surface area contributed by atoms with Crippen LogP contribution in [-0.4, -0.2) is 17.0 Å². The summed E-state index contributed by atoms with van der Waals surface area (Å²) in [4.78, 5) is 0. The molecule has 0 radical (unpaired) electrons. The van der Waals surface area contributed by atoms with Crippen LogP contribution in [0.1, 0.15) is 50.9 Å². The highest BCUT2D eigenvalue weighted by atomic mass is 31.1. The smallest absolute Gasteiger partial charge is 0.0363 e. The molecule has 2 atom stereocenters. The first-order valence-corrected chi connectivity index (χ1v) is 9.98. The summed E-state index contributed by atoms with van der Waals surface area (Å²) >= 11 is 0. The molecule has 0 aliphatic rings. The third-order valence-electron chi connectivity index (χ3n) is 4.41. The topological polar surface area (TPSA) is 3.24 Å². The highest BCUT2D eigenvalue weighted by molar-refractivity contribution is 7.55. The molecule has 0 aliphatic carbocycles. The van der Waals surface area contributed by atoms with Gasteiger partial charge in [0, 0.05) is 12.1 Å². The quantitative estimate of drug-likeness (QED) is 0.546. The molecule has 0 heterocycles. The standard InChI is InChI=1S/C20H28NP/c1-5-22(6-2)21(17(3)19-13-9-7-10-14-19)18(4)20-15-11-8-12-16-20/h7-18H,5-6H2,1-4H3/t17-,18-/m0/s1. The van der Waals surface area contributed by atoms with Crippen molar-refractivity contribution in [2.45, 2.75) is 39.8 Å². The molecular formula is C20H28NP. The average molecular weight is 313 g/mol. The van der Waals surface area contributed by atoms with Crippen LogP contribution < -0.4 is 0 Å². The third kappa shape index (κ3) is 3.97. The molecule has 22 heavy (non-hydrogen) atoms. The molecule has 0 saturated carbocycles. The zero-order valence-electron chi connectivity index (χ0n) is 14.2. The summed E-state index contributed by atoms with van der Waals surface area (Å²) < 4.78 is 2.75. The predicted octanol–water partition coefficient (Wildman–Crippen LogP) is 6.25. The molecule has 0 bridgehead atoms. The van der Waals surface area contributed by atoms with Crippen LogP contribution in [0, 0.1) is 0 Å². The number of hydrogen-bond acceptors (Lipinski definition) is 1. The van der Waals surface area contributed by atoms with Crippen molar-refractivity contribution < 1.29 is 0 Å². The van der Waals surface area contributed by atoms with E-state index in [9.17, 15) is 0 Å². The van der Waals surface area contributed by atoms with Crippen molar-refractivity contribution in [3.05, 3.63) is 71.8 Å². The van der Waals surface area contributed by atoms with Gasteiger partial charge in [0.05, 0.1) is 0 Å². The molecule has 2 aromatic rings. The Labute approximate surface area is 137 Å². The van der Waals surface area contributed by atoms with Crippen molar-refractivity contribution in [2.75, 3.05) is 12.3 Å². The van der Waals surface area contributed by atoms with Crippen molar-refractivity contribution in [3.8, 4) is 0 Å². The number of hydrogen-bond donors (Lipinski definition) is 0. The lowest BCUT2D eigenvalue weighted by molar-refractivity contribution is 0.298. The van der Waals surface area contributed by atoms with Gasteiger partial charge < -0.3 is 0 Å². The van der Waals surface area contributed by atoms with Gasteiger partial charge in [0.25, 0.3) is 0 Å². The Bertz CT molecular complexity index is 491. The summed E-state index contributed by atoms with van der Waals surface area (Å²) in [6.45, 7) is 9.38. The molecule has 0 spiro atoms. The lowest BCUT2D eigenvalue weighted by Gasteiger charge is -2.41. The number of rotatable bonds is 7. The normalized spacial score (nSPS) is 14.3. The molecule has 0 saturated heterocycles. The molecule has 0 fully saturated rings. The first-order valence-electron chi connectivity index (χ1n) is 8.32. The maximum Gasteiger partial charge on any atom is 0.0363 e. The lowest BCUT2D eigenvalue weighted by atomic mass is 10.0. The van der Waals surface area contributed by atoms with E-state index in [0.717, 1.165) is 0 Å². The van der Waals surface area contributed by atoms with E-state index < -0.39 is 0 Å². The first kappa shape index (κ1) is 17.2. The van der Waals surface area contributed by atoms with E-state index in [1.165, 1.54) is 23.5 Å². The minimum atomic E-state index is -0.112. The van der Waals surface area contributed by atoms with E-state index in [2.05, 4.69) is 93.0 Å². The van der Waals surface area contributed by atoms with Crippen LogP contribution in [0.2, 0.25) is 0 Å². The van der Waals surface area contributed by atoms with Gasteiger partial charge in [-0.2, -0.15) is 0 Å². The third-order valence-corrected chi connectivity index (χ3v) is 7.22. The van der Waals surface area contributed by atoms with Gasteiger partial charge in [-0.3, -0.25) is 4.67 Å². The van der Waals surface area contributed by atoms with Gasteiger partial charge in [0.1, 0.15) is 0 Å². The second kappa shape index (κ2) is 8.46. The Balaban J connectivity index is 2.34. The minimum Gasteiger partial charge on any atom is -0.268 e. The average Bonchev–Trinajstić information content (AvgIpc) is 2.60. The van der Waals surface area contributed by atoms with Crippen LogP contribution in [-0.2, 0) is 0 Å². The molecule has 2 heteroatoms. The maximum absolute atomic E-state index is 2.75. The molecule has 0 aromatic heterocycles. The van der Waals surface area contributed by atoms with Crippen LogP contribution in [0.5, 0.6) is 0 Å². The van der Waals surface area contributed by atoms with Crippen LogP contribution in [0.25, 0.3) is 0 Å². The molecule has 1 nitrogen and oxygen atoms in total. The molecule has 0 unspecified atom stereocenters. The monoisotopic (exact) mass is 313 g/mol. The Morgan fingerprint density at radius 1 is 0.727 bits per heavy atom. The summed E-state index contributed by atoms with van der Waals surface area (Å²) in [6, 6.07) is 22.7. The fourth-order valence-corrected chi connectivity index (χ4v) is 5.49. The van der Waals surface area contributed by atoms with E-state index in [-0.39, 0.29) is 8.07 Å². The summed E-state index contributed by atoms with van der Waals surface area (Å²) in [5, 5.41) is 0. The largest absolute Gasteiger partial charge is 0.268 e. The second-order valence-electron chi connectivity index (χ2n) is 5.69. The van der Waals surface area contributed by atoms with Gasteiger partial charge in [-0.1, -0.05) is 74.5 Å². The van der Waals surface area contributed by atoms with Gasteiger partial charge in [-0.25, -0.2) is 0 Å². The van der Waals surface area contributed by atoms with E-state index in [0.29, 0.717) is 12.1 Å². The highest BCUT2D eigenvalue weighted by Gasteiger charge is 2.27. The van der Waals surface area contributed by atoms with Gasteiger partial charge >= 0.3 is 0 Å². The SMILES string of the molecule is CCP(CC)N([C@@H](C)c1ccccc1)[C@@H](C)c1ccccc1. The van der Waals surface area contributed by atoms with E-state index in [4.69, 9.17) is 0 Å². The maximum atomic E-state index is 2.75. The lowest BCUT2D eigenvalue weighted by Crippen LogP contribution is -2.27. The molecule has 2 aromatic carbocycles. The van der Waals surface area contributed by atoms with Crippen molar-refractivity contribution in [1.82, 2.24) is 4.67 Å². The summed E-state index contributed by atoms with van der Waals surface area (Å²) in [7, 11) is -0.112. The molecule has 0 N–H and O–H groups in total. The number of nitrogens with zero attached hydrogens (tertiary/aromatic N) is 1. The Kier molecular flexibility index (Phi) is 6.61. The van der Waals surface area contributed by atoms with E-state index in [1.54, 1.807) is 0 Å². The van der Waals surface area contributed by atoms with Crippen LogP contribution in [0.3, 0.4) is 0 Å². The number of benzene rings is 2. The van der Waals surface area contributed by atoms with Gasteiger partial charge in [0.15, 0.2) is 0 Å². The zero-order chi connectivity index (χ0) is 15.9. The van der Waals surface area contributed by atoms with Crippen LogP contribution in [0.15, 0.2) is 60.7 Å². The van der Waals surface area contributed by atoms with Gasteiger partial charge in [-0.05, 0) is 45.4 Å². The van der Waals surface area contributed by atoms with Gasteiger partial charge in [0.2, 0.25) is 0 Å². The summed E-state index contributed by atoms with van der Waals surface area (Å²) in [5.41, 5.74) is 2.83. The highest BCUT2D eigenvalue weighted by Crippen LogP contribution is 2.50.